The number of sulfonamides is 1. The molecule has 118 valence electrons. The second kappa shape index (κ2) is 6.20. The summed E-state index contributed by atoms with van der Waals surface area (Å²) >= 11 is 0. The summed E-state index contributed by atoms with van der Waals surface area (Å²) in [6.45, 7) is 0.933. The minimum absolute atomic E-state index is 0.00419. The van der Waals surface area contributed by atoms with Gasteiger partial charge >= 0.3 is 6.36 Å². The molecular weight excluding hydrogens is 309 g/mol. The Balaban J connectivity index is 2.15. The smallest absolute Gasteiger partial charge is 0.404 e. The number of alkyl halides is 3. The monoisotopic (exact) mass is 324 g/mol. The lowest BCUT2D eigenvalue weighted by molar-refractivity contribution is -0.275. The van der Waals surface area contributed by atoms with Crippen molar-refractivity contribution in [2.75, 3.05) is 13.1 Å². The van der Waals surface area contributed by atoms with Gasteiger partial charge in [-0.25, -0.2) is 13.1 Å². The Morgan fingerprint density at radius 3 is 2.67 bits per heavy atom. The molecule has 1 saturated heterocycles. The van der Waals surface area contributed by atoms with Crippen LogP contribution in [-0.2, 0) is 10.0 Å². The molecule has 5 nitrogen and oxygen atoms in total. The summed E-state index contributed by atoms with van der Waals surface area (Å²) in [5.41, 5.74) is 0. The molecule has 1 aliphatic heterocycles. The third-order valence-electron chi connectivity index (χ3n) is 3.05. The second-order valence-electron chi connectivity index (χ2n) is 4.64. The fraction of sp³-hybridized carbons (Fsp3) is 0.500. The Kier molecular flexibility index (Phi) is 4.74. The number of hydrogen-bond donors (Lipinski definition) is 2. The van der Waals surface area contributed by atoms with E-state index in [-0.39, 0.29) is 12.6 Å². The van der Waals surface area contributed by atoms with Crippen molar-refractivity contribution in [2.45, 2.75) is 30.1 Å². The fourth-order valence-electron chi connectivity index (χ4n) is 2.10. The van der Waals surface area contributed by atoms with Gasteiger partial charge in [-0.1, -0.05) is 12.1 Å². The Morgan fingerprint density at radius 2 is 2.05 bits per heavy atom. The van der Waals surface area contributed by atoms with Gasteiger partial charge in [-0.2, -0.15) is 0 Å². The molecule has 1 heterocycles. The number of nitrogens with one attached hydrogen (secondary N) is 2. The van der Waals surface area contributed by atoms with E-state index in [9.17, 15) is 21.6 Å². The van der Waals surface area contributed by atoms with Crippen LogP contribution in [-0.4, -0.2) is 33.9 Å². The molecule has 0 aromatic heterocycles. The summed E-state index contributed by atoms with van der Waals surface area (Å²) in [4.78, 5) is -0.527. The van der Waals surface area contributed by atoms with Crippen LogP contribution in [0.2, 0.25) is 0 Å². The summed E-state index contributed by atoms with van der Waals surface area (Å²) in [5, 5.41) is 3.10. The van der Waals surface area contributed by atoms with Gasteiger partial charge in [0, 0.05) is 12.6 Å². The van der Waals surface area contributed by atoms with E-state index < -0.39 is 27.0 Å². The van der Waals surface area contributed by atoms with Gasteiger partial charge in [0.15, 0.2) is 0 Å². The van der Waals surface area contributed by atoms with Crippen LogP contribution in [0.5, 0.6) is 5.75 Å². The van der Waals surface area contributed by atoms with Crippen molar-refractivity contribution in [3.8, 4) is 5.75 Å². The van der Waals surface area contributed by atoms with Crippen LogP contribution in [0.1, 0.15) is 12.8 Å². The third-order valence-corrected chi connectivity index (χ3v) is 4.51. The second-order valence-corrected chi connectivity index (χ2v) is 6.38. The quantitative estimate of drug-likeness (QED) is 0.864. The summed E-state index contributed by atoms with van der Waals surface area (Å²) in [6, 6.07) is 4.65. The number of ether oxygens (including phenoxy) is 1. The van der Waals surface area contributed by atoms with Gasteiger partial charge < -0.3 is 10.1 Å². The molecule has 2 N–H and O–H groups in total. The largest absolute Gasteiger partial charge is 0.573 e. The van der Waals surface area contributed by atoms with Crippen molar-refractivity contribution >= 4 is 10.0 Å². The van der Waals surface area contributed by atoms with E-state index in [2.05, 4.69) is 14.8 Å². The van der Waals surface area contributed by atoms with E-state index in [4.69, 9.17) is 0 Å². The van der Waals surface area contributed by atoms with E-state index in [0.717, 1.165) is 31.5 Å². The lowest BCUT2D eigenvalue weighted by atomic mass is 10.2. The molecule has 0 spiro atoms. The maximum Gasteiger partial charge on any atom is 0.573 e. The van der Waals surface area contributed by atoms with Crippen molar-refractivity contribution in [1.82, 2.24) is 10.0 Å². The Morgan fingerprint density at radius 1 is 1.33 bits per heavy atom. The highest BCUT2D eigenvalue weighted by Crippen LogP contribution is 2.29. The molecule has 2 rings (SSSR count). The summed E-state index contributed by atoms with van der Waals surface area (Å²) < 4.78 is 67.2. The van der Waals surface area contributed by atoms with Crippen LogP contribution in [0.3, 0.4) is 0 Å². The van der Waals surface area contributed by atoms with Crippen LogP contribution >= 0.6 is 0 Å². The molecule has 0 saturated carbocycles. The van der Waals surface area contributed by atoms with Crippen LogP contribution in [0, 0.1) is 0 Å². The van der Waals surface area contributed by atoms with E-state index >= 15 is 0 Å². The number of halogens is 3. The first-order valence-corrected chi connectivity index (χ1v) is 7.84. The number of para-hydroxylation sites is 1. The van der Waals surface area contributed by atoms with Gasteiger partial charge in [-0.05, 0) is 31.5 Å². The summed E-state index contributed by atoms with van der Waals surface area (Å²) in [5.74, 6) is -0.739. The van der Waals surface area contributed by atoms with Crippen molar-refractivity contribution in [3.63, 3.8) is 0 Å². The van der Waals surface area contributed by atoms with Crippen LogP contribution in [0.15, 0.2) is 29.2 Å². The average molecular weight is 324 g/mol. The van der Waals surface area contributed by atoms with Crippen molar-refractivity contribution < 1.29 is 26.3 Å². The Bertz CT molecular complexity index is 584. The maximum absolute atomic E-state index is 12.3. The van der Waals surface area contributed by atoms with E-state index in [1.54, 1.807) is 0 Å². The van der Waals surface area contributed by atoms with Crippen molar-refractivity contribution in [3.05, 3.63) is 24.3 Å². The zero-order valence-electron chi connectivity index (χ0n) is 11.0. The molecule has 1 fully saturated rings. The number of benzene rings is 1. The highest BCUT2D eigenvalue weighted by molar-refractivity contribution is 7.89. The van der Waals surface area contributed by atoms with E-state index in [0.29, 0.717) is 0 Å². The minimum atomic E-state index is -4.95. The lowest BCUT2D eigenvalue weighted by Crippen LogP contribution is -2.37. The molecule has 1 aromatic rings. The number of hydrogen-bond acceptors (Lipinski definition) is 4. The van der Waals surface area contributed by atoms with Gasteiger partial charge in [-0.3, -0.25) is 0 Å². The molecule has 0 bridgehead atoms. The van der Waals surface area contributed by atoms with Crippen LogP contribution in [0.25, 0.3) is 0 Å². The van der Waals surface area contributed by atoms with Gasteiger partial charge in [0.25, 0.3) is 0 Å². The summed E-state index contributed by atoms with van der Waals surface area (Å²) in [7, 11) is -4.07. The topological polar surface area (TPSA) is 67.4 Å². The molecule has 9 heteroatoms. The Labute approximate surface area is 120 Å². The molecular formula is C12H15F3N2O3S. The summed E-state index contributed by atoms with van der Waals surface area (Å²) in [6.07, 6.45) is -3.18. The average Bonchev–Trinajstić information content (AvgIpc) is 2.88. The van der Waals surface area contributed by atoms with Crippen molar-refractivity contribution in [1.29, 1.82) is 0 Å². The molecule has 0 unspecified atom stereocenters. The predicted octanol–water partition coefficient (Wildman–Crippen LogP) is 1.62. The number of rotatable bonds is 5. The van der Waals surface area contributed by atoms with Gasteiger partial charge in [0.05, 0.1) is 0 Å². The molecule has 1 aromatic carbocycles. The maximum atomic E-state index is 12.3. The molecule has 1 aliphatic rings. The normalized spacial score (nSPS) is 19.7. The highest BCUT2D eigenvalue weighted by Gasteiger charge is 2.34. The minimum Gasteiger partial charge on any atom is -0.404 e. The molecule has 0 radical (unpaired) electrons. The first kappa shape index (κ1) is 16.1. The third kappa shape index (κ3) is 4.58. The first-order valence-electron chi connectivity index (χ1n) is 6.36. The van der Waals surface area contributed by atoms with Gasteiger partial charge in [-0.15, -0.1) is 13.2 Å². The SMILES string of the molecule is O=S(=O)(NC[C@H]1CCCN1)c1ccccc1OC(F)(F)F. The fourth-order valence-corrected chi connectivity index (χ4v) is 3.31. The lowest BCUT2D eigenvalue weighted by Gasteiger charge is -2.15. The molecule has 0 amide bonds. The zero-order chi connectivity index (χ0) is 15.5. The molecule has 21 heavy (non-hydrogen) atoms. The predicted molar refractivity (Wildman–Crippen MR) is 69.3 cm³/mol. The van der Waals surface area contributed by atoms with E-state index in [1.807, 2.05) is 0 Å². The molecule has 1 atom stereocenters. The highest BCUT2D eigenvalue weighted by atomic mass is 32.2. The first-order chi connectivity index (χ1) is 9.78. The van der Waals surface area contributed by atoms with Crippen molar-refractivity contribution in [2.24, 2.45) is 0 Å². The molecule has 0 aliphatic carbocycles. The van der Waals surface area contributed by atoms with E-state index in [1.165, 1.54) is 12.1 Å². The van der Waals surface area contributed by atoms with Crippen LogP contribution < -0.4 is 14.8 Å². The standard InChI is InChI=1S/C12H15F3N2O3S/c13-12(14,15)20-10-5-1-2-6-11(10)21(18,19)17-8-9-4-3-7-16-9/h1-2,5-6,9,16-17H,3-4,7-8H2/t9-/m1/s1. The van der Waals surface area contributed by atoms with Crippen LogP contribution in [0.4, 0.5) is 13.2 Å². The van der Waals surface area contributed by atoms with Gasteiger partial charge in [0.1, 0.15) is 10.6 Å². The zero-order valence-corrected chi connectivity index (χ0v) is 11.8. The van der Waals surface area contributed by atoms with Gasteiger partial charge in [0.2, 0.25) is 10.0 Å². The Hall–Kier alpha value is -1.32.